The molecule has 0 unspecified atom stereocenters. The Labute approximate surface area is 209 Å². The number of phenolic OH excluding ortho intramolecular Hbond substituents is 1. The van der Waals surface area contributed by atoms with Gasteiger partial charge >= 0.3 is 11.9 Å². The second-order valence-electron chi connectivity index (χ2n) is 8.64. The minimum atomic E-state index is -1.02. The van der Waals surface area contributed by atoms with Gasteiger partial charge in [-0.3, -0.25) is 0 Å². The predicted octanol–water partition coefficient (Wildman–Crippen LogP) is 5.41. The van der Waals surface area contributed by atoms with Gasteiger partial charge in [0.15, 0.2) is 0 Å². The van der Waals surface area contributed by atoms with Gasteiger partial charge in [-0.25, -0.2) is 9.59 Å². The van der Waals surface area contributed by atoms with E-state index in [9.17, 15) is 24.9 Å². The van der Waals surface area contributed by atoms with Crippen LogP contribution < -0.4 is 4.74 Å². The third kappa shape index (κ3) is 5.11. The maximum Gasteiger partial charge on any atom is 0.335 e. The zero-order valence-electron chi connectivity index (χ0n) is 20.3. The van der Waals surface area contributed by atoms with E-state index in [1.807, 2.05) is 12.1 Å². The second kappa shape index (κ2) is 10.7. The van der Waals surface area contributed by atoms with Crippen molar-refractivity contribution in [1.82, 2.24) is 4.90 Å². The SMILES string of the molecule is CCN(CC)CCOc1ccc2cc(C(=O)O)ccc2c1Cc1c(O)ccc2cc(C(=O)O)ccc12. The van der Waals surface area contributed by atoms with E-state index in [1.165, 1.54) is 6.07 Å². The molecule has 0 fully saturated rings. The summed E-state index contributed by atoms with van der Waals surface area (Å²) in [6.07, 6.45) is 0.319. The first-order chi connectivity index (χ1) is 17.3. The molecule has 0 aliphatic heterocycles. The highest BCUT2D eigenvalue weighted by Crippen LogP contribution is 2.36. The summed E-state index contributed by atoms with van der Waals surface area (Å²) in [6, 6.07) is 16.7. The number of aromatic carboxylic acids is 2. The van der Waals surface area contributed by atoms with Crippen molar-refractivity contribution in [2.75, 3.05) is 26.2 Å². The number of phenols is 1. The molecule has 3 N–H and O–H groups in total. The van der Waals surface area contributed by atoms with Crippen molar-refractivity contribution in [1.29, 1.82) is 0 Å². The number of hydrogen-bond acceptors (Lipinski definition) is 5. The molecule has 7 heteroatoms. The molecule has 0 aliphatic carbocycles. The molecule has 0 atom stereocenters. The van der Waals surface area contributed by atoms with Crippen LogP contribution in [-0.4, -0.2) is 58.4 Å². The molecule has 4 aromatic rings. The third-order valence-corrected chi connectivity index (χ3v) is 6.60. The molecule has 0 spiro atoms. The number of nitrogens with zero attached hydrogens (tertiary/aromatic N) is 1. The number of rotatable bonds is 10. The molecule has 36 heavy (non-hydrogen) atoms. The van der Waals surface area contributed by atoms with Crippen molar-refractivity contribution in [3.05, 3.63) is 82.9 Å². The van der Waals surface area contributed by atoms with E-state index >= 15 is 0 Å². The van der Waals surface area contributed by atoms with Crippen molar-refractivity contribution in [2.24, 2.45) is 0 Å². The number of fused-ring (bicyclic) bond motifs is 2. The summed E-state index contributed by atoms with van der Waals surface area (Å²) < 4.78 is 6.21. The summed E-state index contributed by atoms with van der Waals surface area (Å²) in [5.74, 6) is -1.26. The summed E-state index contributed by atoms with van der Waals surface area (Å²) in [5, 5.41) is 32.6. The lowest BCUT2D eigenvalue weighted by molar-refractivity contribution is 0.0686. The number of hydrogen-bond donors (Lipinski definition) is 3. The topological polar surface area (TPSA) is 107 Å². The standard InChI is InChI=1S/C29H29NO6/c1-3-30(4-2)13-14-36-27-12-8-19-16-21(29(34)35)6-10-23(19)25(27)17-24-22-9-5-20(28(32)33)15-18(22)7-11-26(24)31/h5-12,15-16,31H,3-4,13-14,17H2,1-2H3,(H,32,33)(H,34,35). The van der Waals surface area contributed by atoms with Crippen molar-refractivity contribution >= 4 is 33.5 Å². The molecule has 0 heterocycles. The lowest BCUT2D eigenvalue weighted by atomic mass is 9.92. The molecule has 4 rings (SSSR count). The van der Waals surface area contributed by atoms with E-state index in [-0.39, 0.29) is 16.9 Å². The summed E-state index contributed by atoms with van der Waals surface area (Å²) >= 11 is 0. The van der Waals surface area contributed by atoms with Gasteiger partial charge in [0.2, 0.25) is 0 Å². The van der Waals surface area contributed by atoms with Crippen LogP contribution in [-0.2, 0) is 6.42 Å². The Balaban J connectivity index is 1.81. The van der Waals surface area contributed by atoms with Crippen LogP contribution in [0.4, 0.5) is 0 Å². The second-order valence-corrected chi connectivity index (χ2v) is 8.64. The van der Waals surface area contributed by atoms with Crippen LogP contribution in [0.3, 0.4) is 0 Å². The smallest absolute Gasteiger partial charge is 0.335 e. The Bertz CT molecular complexity index is 1440. The van der Waals surface area contributed by atoms with E-state index in [4.69, 9.17) is 4.74 Å². The van der Waals surface area contributed by atoms with E-state index in [2.05, 4.69) is 18.7 Å². The predicted molar refractivity (Wildman–Crippen MR) is 140 cm³/mol. The Hall–Kier alpha value is -4.10. The van der Waals surface area contributed by atoms with E-state index in [0.717, 1.165) is 41.4 Å². The molecule has 0 saturated carbocycles. The van der Waals surface area contributed by atoms with Gasteiger partial charge in [0.25, 0.3) is 0 Å². The van der Waals surface area contributed by atoms with E-state index in [0.29, 0.717) is 29.7 Å². The van der Waals surface area contributed by atoms with Gasteiger partial charge in [-0.2, -0.15) is 0 Å². The highest BCUT2D eigenvalue weighted by Gasteiger charge is 2.17. The van der Waals surface area contributed by atoms with Crippen molar-refractivity contribution in [2.45, 2.75) is 20.3 Å². The Kier molecular flexibility index (Phi) is 7.41. The average molecular weight is 488 g/mol. The largest absolute Gasteiger partial charge is 0.508 e. The fourth-order valence-electron chi connectivity index (χ4n) is 4.53. The lowest BCUT2D eigenvalue weighted by Gasteiger charge is -2.20. The molecule has 7 nitrogen and oxygen atoms in total. The first-order valence-corrected chi connectivity index (χ1v) is 11.9. The van der Waals surface area contributed by atoms with Gasteiger partial charge < -0.3 is 25.0 Å². The number of aromatic hydroxyl groups is 1. The third-order valence-electron chi connectivity index (χ3n) is 6.60. The van der Waals surface area contributed by atoms with E-state index < -0.39 is 11.9 Å². The molecule has 0 saturated heterocycles. The zero-order chi connectivity index (χ0) is 25.8. The molecule has 4 aromatic carbocycles. The molecule has 0 aliphatic rings. The molecule has 0 radical (unpaired) electrons. The van der Waals surface area contributed by atoms with Gasteiger partial charge in [-0.15, -0.1) is 0 Å². The Morgan fingerprint density at radius 1 is 0.778 bits per heavy atom. The Morgan fingerprint density at radius 3 is 1.89 bits per heavy atom. The monoisotopic (exact) mass is 487 g/mol. The quantitative estimate of drug-likeness (QED) is 0.275. The fraction of sp³-hybridized carbons (Fsp3) is 0.241. The summed E-state index contributed by atoms with van der Waals surface area (Å²) in [4.78, 5) is 25.2. The molecule has 0 aromatic heterocycles. The van der Waals surface area contributed by atoms with Gasteiger partial charge in [-0.05, 0) is 71.0 Å². The maximum absolute atomic E-state index is 11.5. The van der Waals surface area contributed by atoms with Gasteiger partial charge in [0, 0.05) is 24.1 Å². The van der Waals surface area contributed by atoms with Crippen molar-refractivity contribution in [3.8, 4) is 11.5 Å². The number of likely N-dealkylation sites (N-methyl/N-ethyl adjacent to an activating group) is 1. The molecule has 186 valence electrons. The average Bonchev–Trinajstić information content (AvgIpc) is 2.88. The van der Waals surface area contributed by atoms with Gasteiger partial charge in [-0.1, -0.05) is 38.1 Å². The zero-order valence-corrected chi connectivity index (χ0v) is 20.3. The van der Waals surface area contributed by atoms with Crippen LogP contribution in [0, 0.1) is 0 Å². The number of carbonyl (C=O) groups is 2. The molecule has 0 amide bonds. The lowest BCUT2D eigenvalue weighted by Crippen LogP contribution is -2.28. The van der Waals surface area contributed by atoms with Gasteiger partial charge in [0.05, 0.1) is 11.1 Å². The van der Waals surface area contributed by atoms with Gasteiger partial charge in [0.1, 0.15) is 18.1 Å². The maximum atomic E-state index is 11.5. The Morgan fingerprint density at radius 2 is 1.33 bits per heavy atom. The fourth-order valence-corrected chi connectivity index (χ4v) is 4.53. The summed E-state index contributed by atoms with van der Waals surface area (Å²) in [5.41, 5.74) is 1.84. The normalized spacial score (nSPS) is 11.3. The summed E-state index contributed by atoms with van der Waals surface area (Å²) in [7, 11) is 0. The van der Waals surface area contributed by atoms with Crippen LogP contribution in [0.5, 0.6) is 11.5 Å². The van der Waals surface area contributed by atoms with Crippen LogP contribution in [0.2, 0.25) is 0 Å². The first kappa shape index (κ1) is 25.0. The van der Waals surface area contributed by atoms with Crippen LogP contribution in [0.25, 0.3) is 21.5 Å². The first-order valence-electron chi connectivity index (χ1n) is 11.9. The number of carboxylic acid groups (broad SMARTS) is 2. The number of carboxylic acids is 2. The van der Waals surface area contributed by atoms with Crippen molar-refractivity contribution in [3.63, 3.8) is 0 Å². The highest BCUT2D eigenvalue weighted by molar-refractivity contribution is 5.98. The minimum absolute atomic E-state index is 0.0961. The molecular weight excluding hydrogens is 458 g/mol. The number of ether oxygens (including phenoxy) is 1. The van der Waals surface area contributed by atoms with Crippen LogP contribution in [0.15, 0.2) is 60.7 Å². The highest BCUT2D eigenvalue weighted by atomic mass is 16.5. The number of benzene rings is 4. The van der Waals surface area contributed by atoms with E-state index in [1.54, 1.807) is 42.5 Å². The van der Waals surface area contributed by atoms with Crippen molar-refractivity contribution < 1.29 is 29.6 Å². The minimum Gasteiger partial charge on any atom is -0.508 e. The molecular formula is C29H29NO6. The summed E-state index contributed by atoms with van der Waals surface area (Å²) in [6.45, 7) is 7.29. The molecule has 0 bridgehead atoms. The van der Waals surface area contributed by atoms with Crippen LogP contribution in [0.1, 0.15) is 45.7 Å². The van der Waals surface area contributed by atoms with Crippen LogP contribution >= 0.6 is 0 Å².